The van der Waals surface area contributed by atoms with Crippen LogP contribution in [0, 0.1) is 0 Å². The highest BCUT2D eigenvalue weighted by atomic mass is 16.4. The van der Waals surface area contributed by atoms with Crippen LogP contribution in [0.5, 0.6) is 0 Å². The van der Waals surface area contributed by atoms with E-state index in [1.54, 1.807) is 25.1 Å². The quantitative estimate of drug-likeness (QED) is 0.221. The summed E-state index contributed by atoms with van der Waals surface area (Å²) in [5.74, 6) is -5.40. The molecule has 0 spiro atoms. The van der Waals surface area contributed by atoms with Gasteiger partial charge in [-0.1, -0.05) is 30.3 Å². The van der Waals surface area contributed by atoms with Gasteiger partial charge in [0.25, 0.3) is 5.91 Å². The molecule has 1 aliphatic rings. The standard InChI is InChI=1S/C22H29N5O8/c1-2-26-15(9-6-10-23)20(32)27(22(26)35)12-16(28)24-14(11-17(29)30)19(31)25-18(21(33)34)13-7-4-3-5-8-13/h3-5,7-8,14-15,18H,2,6,9-12,23H2,1H3,(H,24,28)(H,25,31)(H,29,30)(H,33,34)/t14-,15-,18+/m0/s1. The molecule has 1 aromatic rings. The molecule has 0 bridgehead atoms. The van der Waals surface area contributed by atoms with Gasteiger partial charge in [0.1, 0.15) is 18.6 Å². The molecule has 6 N–H and O–H groups in total. The van der Waals surface area contributed by atoms with E-state index in [-0.39, 0.29) is 12.1 Å². The van der Waals surface area contributed by atoms with Crippen molar-refractivity contribution in [2.45, 2.75) is 44.3 Å². The second-order valence-electron chi connectivity index (χ2n) is 7.85. The number of amides is 5. The zero-order valence-electron chi connectivity index (χ0n) is 19.2. The summed E-state index contributed by atoms with van der Waals surface area (Å²) in [5.41, 5.74) is 5.73. The molecule has 1 saturated heterocycles. The van der Waals surface area contributed by atoms with Crippen LogP contribution in [-0.2, 0) is 24.0 Å². The molecule has 1 fully saturated rings. The fourth-order valence-corrected chi connectivity index (χ4v) is 3.73. The van der Waals surface area contributed by atoms with Gasteiger partial charge in [-0.3, -0.25) is 24.1 Å². The first-order chi connectivity index (χ1) is 16.6. The molecular formula is C22H29N5O8. The number of likely N-dealkylation sites (N-methyl/N-ethyl adjacent to an activating group) is 1. The van der Waals surface area contributed by atoms with Crippen LogP contribution < -0.4 is 16.4 Å². The molecule has 0 aromatic heterocycles. The number of carbonyl (C=O) groups excluding carboxylic acids is 4. The highest BCUT2D eigenvalue weighted by Gasteiger charge is 2.44. The predicted molar refractivity (Wildman–Crippen MR) is 121 cm³/mol. The van der Waals surface area contributed by atoms with E-state index in [1.807, 2.05) is 0 Å². The Balaban J connectivity index is 2.12. The number of nitrogens with two attached hydrogens (primary N) is 1. The molecular weight excluding hydrogens is 462 g/mol. The number of rotatable bonds is 13. The van der Waals surface area contributed by atoms with Crippen LogP contribution in [0.4, 0.5) is 4.79 Å². The van der Waals surface area contributed by atoms with Crippen molar-refractivity contribution in [3.05, 3.63) is 35.9 Å². The van der Waals surface area contributed by atoms with Crippen LogP contribution >= 0.6 is 0 Å². The van der Waals surface area contributed by atoms with E-state index in [1.165, 1.54) is 17.0 Å². The number of urea groups is 1. The summed E-state index contributed by atoms with van der Waals surface area (Å²) < 4.78 is 0. The number of carboxylic acid groups (broad SMARTS) is 2. The van der Waals surface area contributed by atoms with E-state index >= 15 is 0 Å². The van der Waals surface area contributed by atoms with Crippen LogP contribution in [-0.4, -0.2) is 87.4 Å². The summed E-state index contributed by atoms with van der Waals surface area (Å²) in [4.78, 5) is 75.6. The molecule has 5 amide bonds. The lowest BCUT2D eigenvalue weighted by Crippen LogP contribution is -2.52. The maximum atomic E-state index is 12.7. The fourth-order valence-electron chi connectivity index (χ4n) is 3.73. The van der Waals surface area contributed by atoms with Crippen molar-refractivity contribution >= 4 is 35.7 Å². The first-order valence-corrected chi connectivity index (χ1v) is 11.0. The van der Waals surface area contributed by atoms with Crippen molar-refractivity contribution in [1.29, 1.82) is 0 Å². The van der Waals surface area contributed by atoms with E-state index < -0.39 is 66.8 Å². The Labute approximate surface area is 201 Å². The lowest BCUT2D eigenvalue weighted by atomic mass is 10.1. The monoisotopic (exact) mass is 491 g/mol. The molecule has 13 nitrogen and oxygen atoms in total. The van der Waals surface area contributed by atoms with Crippen molar-refractivity contribution in [3.8, 4) is 0 Å². The third kappa shape index (κ3) is 6.99. The van der Waals surface area contributed by atoms with Gasteiger partial charge in [0.15, 0.2) is 6.04 Å². The third-order valence-electron chi connectivity index (χ3n) is 5.42. The van der Waals surface area contributed by atoms with Crippen molar-refractivity contribution in [2.75, 3.05) is 19.6 Å². The minimum atomic E-state index is -1.64. The largest absolute Gasteiger partial charge is 0.481 e. The summed E-state index contributed by atoms with van der Waals surface area (Å²) in [6.45, 7) is 1.51. The fraction of sp³-hybridized carbons (Fsp3) is 0.455. The van der Waals surface area contributed by atoms with Crippen molar-refractivity contribution in [3.63, 3.8) is 0 Å². The van der Waals surface area contributed by atoms with Crippen molar-refractivity contribution in [2.24, 2.45) is 5.73 Å². The number of hydrogen-bond donors (Lipinski definition) is 5. The number of imide groups is 1. The van der Waals surface area contributed by atoms with Gasteiger partial charge in [0.2, 0.25) is 11.8 Å². The molecule has 35 heavy (non-hydrogen) atoms. The number of carbonyl (C=O) groups is 6. The zero-order valence-corrected chi connectivity index (χ0v) is 19.2. The lowest BCUT2D eigenvalue weighted by molar-refractivity contribution is -0.143. The Kier molecular flexibility index (Phi) is 9.70. The van der Waals surface area contributed by atoms with Gasteiger partial charge < -0.3 is 31.5 Å². The second-order valence-corrected chi connectivity index (χ2v) is 7.85. The Morgan fingerprint density at radius 2 is 1.74 bits per heavy atom. The molecule has 3 atom stereocenters. The molecule has 1 aliphatic heterocycles. The van der Waals surface area contributed by atoms with E-state index in [0.717, 1.165) is 4.90 Å². The van der Waals surface area contributed by atoms with Gasteiger partial charge in [-0.2, -0.15) is 0 Å². The van der Waals surface area contributed by atoms with Crippen molar-refractivity contribution in [1.82, 2.24) is 20.4 Å². The summed E-state index contributed by atoms with van der Waals surface area (Å²) >= 11 is 0. The first kappa shape index (κ1) is 27.2. The van der Waals surface area contributed by atoms with E-state index in [4.69, 9.17) is 5.73 Å². The van der Waals surface area contributed by atoms with Gasteiger partial charge in [0.05, 0.1) is 6.42 Å². The maximum absolute atomic E-state index is 12.7. The normalized spacial score (nSPS) is 17.1. The minimum Gasteiger partial charge on any atom is -0.481 e. The van der Waals surface area contributed by atoms with Gasteiger partial charge in [0, 0.05) is 6.54 Å². The summed E-state index contributed by atoms with van der Waals surface area (Å²) in [5, 5.41) is 23.1. The molecule has 190 valence electrons. The lowest BCUT2D eigenvalue weighted by Gasteiger charge is -2.22. The van der Waals surface area contributed by atoms with Gasteiger partial charge in [-0.05, 0) is 31.9 Å². The Hall–Kier alpha value is -4.00. The predicted octanol–water partition coefficient (Wildman–Crippen LogP) is -0.720. The highest BCUT2D eigenvalue weighted by Crippen LogP contribution is 2.21. The highest BCUT2D eigenvalue weighted by molar-refractivity contribution is 6.06. The first-order valence-electron chi connectivity index (χ1n) is 11.0. The van der Waals surface area contributed by atoms with Crippen LogP contribution in [0.3, 0.4) is 0 Å². The van der Waals surface area contributed by atoms with Crippen LogP contribution in [0.1, 0.15) is 37.8 Å². The Bertz CT molecular complexity index is 970. The van der Waals surface area contributed by atoms with Crippen LogP contribution in [0.2, 0.25) is 0 Å². The molecule has 0 saturated carbocycles. The summed E-state index contributed by atoms with van der Waals surface area (Å²) in [7, 11) is 0. The molecule has 1 aromatic carbocycles. The van der Waals surface area contributed by atoms with E-state index in [9.17, 15) is 39.0 Å². The third-order valence-corrected chi connectivity index (χ3v) is 5.42. The van der Waals surface area contributed by atoms with Gasteiger partial charge in [-0.15, -0.1) is 0 Å². The van der Waals surface area contributed by atoms with Gasteiger partial charge >= 0.3 is 18.0 Å². The number of hydrogen-bond acceptors (Lipinski definition) is 7. The SMILES string of the molecule is CCN1C(=O)N(CC(=O)N[C@@H](CC(=O)O)C(=O)N[C@@H](C(=O)O)c2ccccc2)C(=O)[C@@H]1CCCN. The molecule has 2 rings (SSSR count). The number of carboxylic acids is 2. The minimum absolute atomic E-state index is 0.234. The van der Waals surface area contributed by atoms with Gasteiger partial charge in [-0.25, -0.2) is 9.59 Å². The van der Waals surface area contributed by atoms with Crippen LogP contribution in [0.15, 0.2) is 30.3 Å². The average Bonchev–Trinajstić information content (AvgIpc) is 3.03. The molecule has 0 unspecified atom stereocenters. The van der Waals surface area contributed by atoms with E-state index in [0.29, 0.717) is 19.4 Å². The van der Waals surface area contributed by atoms with Crippen molar-refractivity contribution < 1.29 is 39.0 Å². The van der Waals surface area contributed by atoms with Crippen LogP contribution in [0.25, 0.3) is 0 Å². The topological polar surface area (TPSA) is 199 Å². The Morgan fingerprint density at radius 3 is 2.29 bits per heavy atom. The number of nitrogens with zero attached hydrogens (tertiary/aromatic N) is 2. The number of aliphatic carboxylic acids is 2. The Morgan fingerprint density at radius 1 is 1.09 bits per heavy atom. The second kappa shape index (κ2) is 12.5. The molecule has 13 heteroatoms. The maximum Gasteiger partial charge on any atom is 0.330 e. The number of benzene rings is 1. The molecule has 1 heterocycles. The zero-order chi connectivity index (χ0) is 26.1. The summed E-state index contributed by atoms with van der Waals surface area (Å²) in [6.07, 6.45) is -0.0266. The van der Waals surface area contributed by atoms with E-state index in [2.05, 4.69) is 10.6 Å². The molecule has 0 aliphatic carbocycles. The average molecular weight is 492 g/mol. The number of nitrogens with one attached hydrogen (secondary N) is 2. The summed E-state index contributed by atoms with van der Waals surface area (Å²) in [6, 6.07) is 3.15. The smallest absolute Gasteiger partial charge is 0.330 e. The molecule has 0 radical (unpaired) electrons.